The maximum absolute atomic E-state index is 14.8. The first-order valence-electron chi connectivity index (χ1n) is 10.1. The van der Waals surface area contributed by atoms with Crippen molar-refractivity contribution in [2.24, 2.45) is 5.92 Å². The lowest BCUT2D eigenvalue weighted by Gasteiger charge is -2.28. The summed E-state index contributed by atoms with van der Waals surface area (Å²) in [5.41, 5.74) is 2.17. The lowest BCUT2D eigenvalue weighted by molar-refractivity contribution is 0.226. The van der Waals surface area contributed by atoms with Crippen LogP contribution in [0.4, 0.5) is 4.39 Å². The Labute approximate surface area is 171 Å². The predicted molar refractivity (Wildman–Crippen MR) is 112 cm³/mol. The van der Waals surface area contributed by atoms with E-state index in [0.29, 0.717) is 22.8 Å². The molecule has 3 rings (SSSR count). The smallest absolute Gasteiger partial charge is 0.319 e. The molecule has 0 spiro atoms. The summed E-state index contributed by atoms with van der Waals surface area (Å²) in [5.74, 6) is 1.34. The monoisotopic (exact) mass is 421 g/mol. The molecule has 3 N–H and O–H groups in total. The Bertz CT molecular complexity index is 902. The zero-order chi connectivity index (χ0) is 21.2. The Hall–Kier alpha value is -1.72. The molecule has 0 aliphatic heterocycles. The molecule has 1 fully saturated rings. The molecule has 158 valence electrons. The van der Waals surface area contributed by atoms with Gasteiger partial charge >= 0.3 is 7.52 Å². The maximum atomic E-state index is 14.8. The van der Waals surface area contributed by atoms with E-state index in [-0.39, 0.29) is 11.1 Å². The largest absolute Gasteiger partial charge is 0.454 e. The minimum Gasteiger partial charge on any atom is -0.454 e. The van der Waals surface area contributed by atoms with Crippen LogP contribution in [0.1, 0.15) is 61.6 Å². The highest BCUT2D eigenvalue weighted by Gasteiger charge is 2.24. The fourth-order valence-electron chi connectivity index (χ4n) is 4.19. The average Bonchev–Trinajstić information content (AvgIpc) is 2.71. The molecule has 0 heterocycles. The average molecular weight is 421 g/mol. The van der Waals surface area contributed by atoms with E-state index in [9.17, 15) is 13.8 Å². The summed E-state index contributed by atoms with van der Waals surface area (Å²) in [6.07, 6.45) is 5.80. The molecule has 0 bridgehead atoms. The van der Waals surface area contributed by atoms with Gasteiger partial charge in [0, 0.05) is 0 Å². The van der Waals surface area contributed by atoms with Gasteiger partial charge in [0.05, 0.1) is 5.30 Å². The van der Waals surface area contributed by atoms with Gasteiger partial charge in [0.15, 0.2) is 11.6 Å². The fraction of sp³-hybridized carbons (Fsp3) is 0.455. The standard InChI is InChI=1S/C22H29FNO4P/c1-4-16-5-7-17(8-6-16)18-9-10-21(20(23)13-18)28-22-14(2)11-19(12-15(22)3)29(26,27)24-25/h9-13,16-17,25H,4-8H2,1-3H3,(H2,24,26,27). The first-order chi connectivity index (χ1) is 13.7. The van der Waals surface area contributed by atoms with Crippen LogP contribution >= 0.6 is 7.52 Å². The van der Waals surface area contributed by atoms with Gasteiger partial charge < -0.3 is 14.8 Å². The van der Waals surface area contributed by atoms with Gasteiger partial charge in [-0.3, -0.25) is 4.57 Å². The van der Waals surface area contributed by atoms with Crippen LogP contribution in [0.3, 0.4) is 0 Å². The Balaban J connectivity index is 1.80. The summed E-state index contributed by atoms with van der Waals surface area (Å²) in [6, 6.07) is 8.07. The van der Waals surface area contributed by atoms with Crippen LogP contribution in [0.25, 0.3) is 0 Å². The molecule has 1 atom stereocenters. The number of hydrogen-bond donors (Lipinski definition) is 3. The Morgan fingerprint density at radius 2 is 1.76 bits per heavy atom. The van der Waals surface area contributed by atoms with Crippen molar-refractivity contribution >= 4 is 12.8 Å². The van der Waals surface area contributed by atoms with Crippen molar-refractivity contribution in [1.82, 2.24) is 5.25 Å². The highest BCUT2D eigenvalue weighted by atomic mass is 31.2. The molecule has 1 saturated carbocycles. The zero-order valence-electron chi connectivity index (χ0n) is 17.1. The SMILES string of the molecule is CCC1CCC(c2ccc(Oc3c(C)cc(P(=O)(O)NO)cc3C)c(F)c2)CC1. The van der Waals surface area contributed by atoms with Gasteiger partial charge in [-0.05, 0) is 92.3 Å². The summed E-state index contributed by atoms with van der Waals surface area (Å²) in [5, 5.41) is 10.4. The highest BCUT2D eigenvalue weighted by Crippen LogP contribution is 2.40. The van der Waals surface area contributed by atoms with Crippen LogP contribution in [0, 0.1) is 25.6 Å². The minimum atomic E-state index is -4.04. The number of ether oxygens (including phenoxy) is 1. The third-order valence-corrected chi connectivity index (χ3v) is 7.22. The van der Waals surface area contributed by atoms with Crippen molar-refractivity contribution in [2.75, 3.05) is 0 Å². The zero-order valence-corrected chi connectivity index (χ0v) is 18.0. The maximum Gasteiger partial charge on any atom is 0.319 e. The number of hydrogen-bond acceptors (Lipinski definition) is 3. The molecule has 7 heteroatoms. The van der Waals surface area contributed by atoms with Gasteiger partial charge in [-0.25, -0.2) is 4.39 Å². The van der Waals surface area contributed by atoms with E-state index in [4.69, 9.17) is 9.94 Å². The van der Waals surface area contributed by atoms with E-state index < -0.39 is 13.3 Å². The van der Waals surface area contributed by atoms with Gasteiger partial charge in [0.2, 0.25) is 0 Å². The van der Waals surface area contributed by atoms with Crippen molar-refractivity contribution in [3.63, 3.8) is 0 Å². The van der Waals surface area contributed by atoms with E-state index in [2.05, 4.69) is 6.92 Å². The first-order valence-corrected chi connectivity index (χ1v) is 11.7. The Morgan fingerprint density at radius 1 is 1.14 bits per heavy atom. The number of halogens is 1. The summed E-state index contributed by atoms with van der Waals surface area (Å²) in [7, 11) is -4.04. The summed E-state index contributed by atoms with van der Waals surface area (Å²) >= 11 is 0. The molecular formula is C22H29FNO4P. The summed E-state index contributed by atoms with van der Waals surface area (Å²) in [6.45, 7) is 5.65. The third kappa shape index (κ3) is 4.89. The highest BCUT2D eigenvalue weighted by molar-refractivity contribution is 7.63. The first kappa shape index (κ1) is 22.0. The molecule has 2 aromatic carbocycles. The van der Waals surface area contributed by atoms with Crippen LogP contribution in [-0.2, 0) is 4.57 Å². The van der Waals surface area contributed by atoms with Crippen LogP contribution in [0.5, 0.6) is 11.5 Å². The van der Waals surface area contributed by atoms with Crippen molar-refractivity contribution in [3.05, 3.63) is 52.8 Å². The molecule has 1 aliphatic rings. The molecule has 1 unspecified atom stereocenters. The van der Waals surface area contributed by atoms with E-state index >= 15 is 0 Å². The summed E-state index contributed by atoms with van der Waals surface area (Å²) < 4.78 is 32.5. The minimum absolute atomic E-state index is 0.0563. The van der Waals surface area contributed by atoms with Crippen molar-refractivity contribution < 1.29 is 23.8 Å². The lowest BCUT2D eigenvalue weighted by atomic mass is 9.78. The fourth-order valence-corrected chi connectivity index (χ4v) is 5.04. The second kappa shape index (κ2) is 8.97. The van der Waals surface area contributed by atoms with Crippen molar-refractivity contribution in [3.8, 4) is 11.5 Å². The van der Waals surface area contributed by atoms with Crippen LogP contribution in [0.2, 0.25) is 0 Å². The van der Waals surface area contributed by atoms with Crippen molar-refractivity contribution in [2.45, 2.75) is 58.8 Å². The molecule has 0 amide bonds. The number of nitrogens with one attached hydrogen (secondary N) is 1. The Kier molecular flexibility index (Phi) is 6.79. The third-order valence-electron chi connectivity index (χ3n) is 5.99. The number of benzene rings is 2. The number of rotatable bonds is 6. The lowest BCUT2D eigenvalue weighted by Crippen LogP contribution is -2.16. The van der Waals surface area contributed by atoms with Crippen LogP contribution < -0.4 is 15.3 Å². The molecule has 0 radical (unpaired) electrons. The molecule has 1 aliphatic carbocycles. The van der Waals surface area contributed by atoms with Crippen LogP contribution in [0.15, 0.2) is 30.3 Å². The van der Waals surface area contributed by atoms with Crippen molar-refractivity contribution in [1.29, 1.82) is 0 Å². The number of aryl methyl sites for hydroxylation is 2. The summed E-state index contributed by atoms with van der Waals surface area (Å²) in [4.78, 5) is 9.75. The van der Waals surface area contributed by atoms with E-state index in [1.165, 1.54) is 36.6 Å². The van der Waals surface area contributed by atoms with E-state index in [1.807, 2.05) is 6.07 Å². The molecular weight excluding hydrogens is 392 g/mol. The second-order valence-corrected chi connectivity index (χ2v) is 9.87. The van der Waals surface area contributed by atoms with E-state index in [0.717, 1.165) is 24.3 Å². The normalized spacial score (nSPS) is 21.6. The van der Waals surface area contributed by atoms with Gasteiger partial charge in [0.25, 0.3) is 0 Å². The predicted octanol–water partition coefficient (Wildman–Crippen LogP) is 5.71. The van der Waals surface area contributed by atoms with Crippen LogP contribution in [-0.4, -0.2) is 10.1 Å². The Morgan fingerprint density at radius 3 is 2.28 bits per heavy atom. The van der Waals surface area contributed by atoms with Gasteiger partial charge in [0.1, 0.15) is 5.75 Å². The molecule has 0 aromatic heterocycles. The quantitative estimate of drug-likeness (QED) is 0.411. The second-order valence-electron chi connectivity index (χ2n) is 8.00. The molecule has 5 nitrogen and oxygen atoms in total. The van der Waals surface area contributed by atoms with Gasteiger partial charge in [-0.15, -0.1) is 5.25 Å². The molecule has 0 saturated heterocycles. The van der Waals surface area contributed by atoms with Gasteiger partial charge in [-0.1, -0.05) is 19.4 Å². The molecule has 2 aromatic rings. The van der Waals surface area contributed by atoms with Gasteiger partial charge in [-0.2, -0.15) is 0 Å². The topological polar surface area (TPSA) is 78.8 Å². The van der Waals surface area contributed by atoms with E-state index in [1.54, 1.807) is 26.0 Å². The molecule has 29 heavy (non-hydrogen) atoms.